The zero-order chi connectivity index (χ0) is 10.1. The quantitative estimate of drug-likeness (QED) is 0.742. The molecule has 0 saturated heterocycles. The molecule has 0 aliphatic rings. The van der Waals surface area contributed by atoms with Gasteiger partial charge in [0.25, 0.3) is 0 Å². The second kappa shape index (κ2) is 3.18. The van der Waals surface area contributed by atoms with E-state index in [-0.39, 0.29) is 0 Å². The lowest BCUT2D eigenvalue weighted by molar-refractivity contribution is 0.871. The average Bonchev–Trinajstić information content (AvgIpc) is 2.47. The molecule has 0 spiro atoms. The van der Waals surface area contributed by atoms with Crippen molar-refractivity contribution in [1.82, 2.24) is 9.78 Å². The van der Waals surface area contributed by atoms with Crippen LogP contribution >= 0.6 is 0 Å². The molecule has 0 amide bonds. The number of benzene rings is 1. The summed E-state index contributed by atoms with van der Waals surface area (Å²) in [5.74, 6) is 0.673. The first-order valence-corrected chi connectivity index (χ1v) is 4.56. The van der Waals surface area contributed by atoms with Crippen molar-refractivity contribution in [3.63, 3.8) is 0 Å². The Morgan fingerprint density at radius 2 is 1.79 bits per heavy atom. The van der Waals surface area contributed by atoms with Crippen molar-refractivity contribution in [2.45, 2.75) is 13.8 Å². The van der Waals surface area contributed by atoms with Gasteiger partial charge in [-0.3, -0.25) is 0 Å². The van der Waals surface area contributed by atoms with Crippen LogP contribution in [0.15, 0.2) is 30.3 Å². The van der Waals surface area contributed by atoms with Gasteiger partial charge >= 0.3 is 0 Å². The van der Waals surface area contributed by atoms with Crippen LogP contribution in [-0.2, 0) is 0 Å². The van der Waals surface area contributed by atoms with Gasteiger partial charge in [0, 0.05) is 6.07 Å². The molecule has 72 valence electrons. The van der Waals surface area contributed by atoms with Gasteiger partial charge in [-0.2, -0.15) is 5.10 Å². The van der Waals surface area contributed by atoms with E-state index in [1.165, 1.54) is 5.56 Å². The van der Waals surface area contributed by atoms with Crippen molar-refractivity contribution in [2.75, 3.05) is 5.73 Å². The third-order valence-corrected chi connectivity index (χ3v) is 2.14. The molecule has 2 N–H and O–H groups in total. The van der Waals surface area contributed by atoms with Crippen molar-refractivity contribution in [1.29, 1.82) is 0 Å². The van der Waals surface area contributed by atoms with E-state index in [9.17, 15) is 0 Å². The van der Waals surface area contributed by atoms with Crippen LogP contribution in [0.3, 0.4) is 0 Å². The molecule has 1 aromatic heterocycles. The van der Waals surface area contributed by atoms with Crippen LogP contribution in [0.4, 0.5) is 5.82 Å². The van der Waals surface area contributed by atoms with Crippen LogP contribution in [0.1, 0.15) is 11.3 Å². The average molecular weight is 187 g/mol. The molecule has 2 aromatic rings. The summed E-state index contributed by atoms with van der Waals surface area (Å²) >= 11 is 0. The molecule has 1 aromatic carbocycles. The highest BCUT2D eigenvalue weighted by atomic mass is 15.3. The molecule has 3 heteroatoms. The Morgan fingerprint density at radius 3 is 2.29 bits per heavy atom. The van der Waals surface area contributed by atoms with E-state index in [0.29, 0.717) is 5.82 Å². The molecule has 0 radical (unpaired) electrons. The Bertz CT molecular complexity index is 440. The molecular formula is C11H13N3. The highest BCUT2D eigenvalue weighted by Gasteiger charge is 2.02. The molecule has 3 nitrogen and oxygen atoms in total. The third-order valence-electron chi connectivity index (χ3n) is 2.14. The lowest BCUT2D eigenvalue weighted by Crippen LogP contribution is -2.01. The predicted molar refractivity (Wildman–Crippen MR) is 57.5 cm³/mol. The van der Waals surface area contributed by atoms with Crippen molar-refractivity contribution in [2.24, 2.45) is 0 Å². The van der Waals surface area contributed by atoms with Crippen LogP contribution in [-0.4, -0.2) is 9.78 Å². The Morgan fingerprint density at radius 1 is 1.14 bits per heavy atom. The molecule has 0 aliphatic heterocycles. The number of nitrogens with two attached hydrogens (primary N) is 1. The van der Waals surface area contributed by atoms with Crippen LogP contribution in [0, 0.1) is 13.8 Å². The predicted octanol–water partition coefficient (Wildman–Crippen LogP) is 2.07. The maximum absolute atomic E-state index is 5.81. The number of aromatic nitrogens is 2. The van der Waals surface area contributed by atoms with E-state index < -0.39 is 0 Å². The number of anilines is 1. The van der Waals surface area contributed by atoms with Crippen LogP contribution in [0.25, 0.3) is 5.69 Å². The first-order valence-electron chi connectivity index (χ1n) is 4.56. The highest BCUT2D eigenvalue weighted by molar-refractivity contribution is 5.43. The normalized spacial score (nSPS) is 10.4. The van der Waals surface area contributed by atoms with Gasteiger partial charge in [-0.15, -0.1) is 0 Å². The van der Waals surface area contributed by atoms with E-state index in [0.717, 1.165) is 11.4 Å². The van der Waals surface area contributed by atoms with Crippen molar-refractivity contribution >= 4 is 5.82 Å². The first kappa shape index (κ1) is 8.81. The minimum Gasteiger partial charge on any atom is -0.384 e. The Balaban J connectivity index is 2.49. The van der Waals surface area contributed by atoms with E-state index >= 15 is 0 Å². The topological polar surface area (TPSA) is 43.8 Å². The lowest BCUT2D eigenvalue weighted by Gasteiger charge is -2.03. The molecule has 0 atom stereocenters. The monoisotopic (exact) mass is 187 g/mol. The van der Waals surface area contributed by atoms with Crippen molar-refractivity contribution < 1.29 is 0 Å². The van der Waals surface area contributed by atoms with Gasteiger partial charge in [-0.1, -0.05) is 17.7 Å². The van der Waals surface area contributed by atoms with Gasteiger partial charge in [0.15, 0.2) is 0 Å². The smallest absolute Gasteiger partial charge is 0.127 e. The van der Waals surface area contributed by atoms with Gasteiger partial charge in [0.2, 0.25) is 0 Å². The standard InChI is InChI=1S/C11H13N3/c1-8-3-5-10(6-4-8)14-11(12)7-9(2)13-14/h3-7H,12H2,1-2H3. The summed E-state index contributed by atoms with van der Waals surface area (Å²) in [6.45, 7) is 3.99. The zero-order valence-electron chi connectivity index (χ0n) is 8.36. The Hall–Kier alpha value is -1.77. The van der Waals surface area contributed by atoms with E-state index in [2.05, 4.69) is 12.0 Å². The lowest BCUT2D eigenvalue weighted by atomic mass is 10.2. The first-order chi connectivity index (χ1) is 6.66. The fraction of sp³-hybridized carbons (Fsp3) is 0.182. The second-order valence-corrected chi connectivity index (χ2v) is 3.46. The van der Waals surface area contributed by atoms with Crippen LogP contribution in [0.5, 0.6) is 0 Å². The summed E-state index contributed by atoms with van der Waals surface area (Å²) < 4.78 is 1.74. The van der Waals surface area contributed by atoms with Gasteiger partial charge in [0.1, 0.15) is 5.82 Å². The maximum atomic E-state index is 5.81. The number of nitrogen functional groups attached to an aromatic ring is 1. The number of nitrogens with zero attached hydrogens (tertiary/aromatic N) is 2. The second-order valence-electron chi connectivity index (χ2n) is 3.46. The summed E-state index contributed by atoms with van der Waals surface area (Å²) in [5.41, 5.74) is 8.98. The molecule has 0 fully saturated rings. The summed E-state index contributed by atoms with van der Waals surface area (Å²) in [4.78, 5) is 0. The van der Waals surface area contributed by atoms with Gasteiger partial charge in [-0.05, 0) is 26.0 Å². The van der Waals surface area contributed by atoms with Crippen molar-refractivity contribution in [3.8, 4) is 5.69 Å². The van der Waals surface area contributed by atoms with Gasteiger partial charge < -0.3 is 5.73 Å². The van der Waals surface area contributed by atoms with E-state index in [4.69, 9.17) is 5.73 Å². The van der Waals surface area contributed by atoms with E-state index in [1.54, 1.807) is 4.68 Å². The molecule has 1 heterocycles. The Labute approximate surface area is 83.2 Å². The fourth-order valence-corrected chi connectivity index (χ4v) is 1.41. The number of rotatable bonds is 1. The summed E-state index contributed by atoms with van der Waals surface area (Å²) in [5, 5.41) is 4.30. The van der Waals surface area contributed by atoms with Crippen LogP contribution < -0.4 is 5.73 Å². The van der Waals surface area contributed by atoms with Crippen LogP contribution in [0.2, 0.25) is 0 Å². The van der Waals surface area contributed by atoms with Gasteiger partial charge in [-0.25, -0.2) is 4.68 Å². The third kappa shape index (κ3) is 1.48. The summed E-state index contributed by atoms with van der Waals surface area (Å²) in [7, 11) is 0. The minimum atomic E-state index is 0.673. The molecule has 14 heavy (non-hydrogen) atoms. The molecule has 0 saturated carbocycles. The Kier molecular flexibility index (Phi) is 2.00. The zero-order valence-corrected chi connectivity index (χ0v) is 8.36. The molecule has 0 bridgehead atoms. The SMILES string of the molecule is Cc1ccc(-n2nc(C)cc2N)cc1. The maximum Gasteiger partial charge on any atom is 0.127 e. The fourth-order valence-electron chi connectivity index (χ4n) is 1.41. The summed E-state index contributed by atoms with van der Waals surface area (Å²) in [6, 6.07) is 9.98. The molecular weight excluding hydrogens is 174 g/mol. The number of aryl methyl sites for hydroxylation is 2. The largest absolute Gasteiger partial charge is 0.384 e. The van der Waals surface area contributed by atoms with Gasteiger partial charge in [0.05, 0.1) is 11.4 Å². The number of hydrogen-bond acceptors (Lipinski definition) is 2. The minimum absolute atomic E-state index is 0.673. The highest BCUT2D eigenvalue weighted by Crippen LogP contribution is 2.14. The van der Waals surface area contributed by atoms with Crippen molar-refractivity contribution in [3.05, 3.63) is 41.6 Å². The summed E-state index contributed by atoms with van der Waals surface area (Å²) in [6.07, 6.45) is 0. The molecule has 0 aliphatic carbocycles. The number of hydrogen-bond donors (Lipinski definition) is 1. The molecule has 2 rings (SSSR count). The van der Waals surface area contributed by atoms with E-state index in [1.807, 2.05) is 37.3 Å². The molecule has 0 unspecified atom stereocenters.